The Bertz CT molecular complexity index is 1300. The highest BCUT2D eigenvalue weighted by molar-refractivity contribution is 6.35. The van der Waals surface area contributed by atoms with Crippen LogP contribution in [0, 0.1) is 0 Å². The number of para-hydroxylation sites is 4. The summed E-state index contributed by atoms with van der Waals surface area (Å²) in [5, 5.41) is 4.04. The van der Waals surface area contributed by atoms with Gasteiger partial charge in [-0.3, -0.25) is 4.79 Å². The first-order valence-corrected chi connectivity index (χ1v) is 10.2. The second-order valence-corrected chi connectivity index (χ2v) is 7.35. The van der Waals surface area contributed by atoms with Crippen LogP contribution in [0.15, 0.2) is 79.0 Å². The third kappa shape index (κ3) is 3.55. The maximum Gasteiger partial charge on any atom is 0.256 e. The average molecular weight is 410 g/mol. The summed E-state index contributed by atoms with van der Waals surface area (Å²) in [7, 11) is 1.64. The zero-order valence-electron chi connectivity index (χ0n) is 17.2. The van der Waals surface area contributed by atoms with E-state index in [9.17, 15) is 4.79 Å². The van der Waals surface area contributed by atoms with Crippen LogP contribution in [0.3, 0.4) is 0 Å². The minimum absolute atomic E-state index is 0.0717. The highest BCUT2D eigenvalue weighted by Gasteiger charge is 2.23. The number of ether oxygens (including phenoxy) is 2. The summed E-state index contributed by atoms with van der Waals surface area (Å²) in [5.41, 5.74) is 4.58. The summed E-state index contributed by atoms with van der Waals surface area (Å²) in [5.74, 6) is 1.37. The Morgan fingerprint density at radius 1 is 0.935 bits per heavy atom. The number of nitrogens with one attached hydrogen (secondary N) is 1. The molecular formula is C26H22N2O3. The third-order valence-electron chi connectivity index (χ3n) is 5.49. The molecular weight excluding hydrogens is 388 g/mol. The number of anilines is 1. The molecule has 0 atom stereocenters. The molecule has 1 aromatic heterocycles. The normalized spacial score (nSPS) is 14.0. The summed E-state index contributed by atoms with van der Waals surface area (Å²) >= 11 is 0. The van der Waals surface area contributed by atoms with E-state index in [0.29, 0.717) is 18.7 Å². The van der Waals surface area contributed by atoms with Crippen molar-refractivity contribution in [3.8, 4) is 11.5 Å². The molecule has 0 fully saturated rings. The summed E-state index contributed by atoms with van der Waals surface area (Å²) in [4.78, 5) is 12.5. The van der Waals surface area contributed by atoms with Crippen LogP contribution in [-0.4, -0.2) is 24.2 Å². The van der Waals surface area contributed by atoms with Gasteiger partial charge in [-0.05, 0) is 30.3 Å². The first kappa shape index (κ1) is 19.0. The molecule has 154 valence electrons. The first-order chi connectivity index (χ1) is 15.2. The van der Waals surface area contributed by atoms with E-state index >= 15 is 0 Å². The smallest absolute Gasteiger partial charge is 0.256 e. The van der Waals surface area contributed by atoms with Gasteiger partial charge in [0.25, 0.3) is 5.91 Å². The van der Waals surface area contributed by atoms with Crippen molar-refractivity contribution in [3.63, 3.8) is 0 Å². The zero-order chi connectivity index (χ0) is 21.2. The molecule has 2 heterocycles. The van der Waals surface area contributed by atoms with E-state index in [1.807, 2.05) is 66.7 Å². The lowest BCUT2D eigenvalue weighted by molar-refractivity contribution is -0.110. The van der Waals surface area contributed by atoms with E-state index in [-0.39, 0.29) is 5.91 Å². The number of carbonyl (C=O) groups excluding carboxylic acids is 1. The predicted molar refractivity (Wildman–Crippen MR) is 123 cm³/mol. The number of rotatable bonds is 6. The molecule has 5 nitrogen and oxygen atoms in total. The highest BCUT2D eigenvalue weighted by Crippen LogP contribution is 2.34. The fourth-order valence-corrected chi connectivity index (χ4v) is 4.00. The van der Waals surface area contributed by atoms with Gasteiger partial charge in [0.15, 0.2) is 11.5 Å². The molecule has 3 aromatic carbocycles. The van der Waals surface area contributed by atoms with Crippen molar-refractivity contribution in [1.29, 1.82) is 0 Å². The van der Waals surface area contributed by atoms with Crippen LogP contribution in [-0.2, 0) is 11.3 Å². The van der Waals surface area contributed by atoms with E-state index in [1.165, 1.54) is 0 Å². The van der Waals surface area contributed by atoms with Gasteiger partial charge in [-0.15, -0.1) is 0 Å². The number of hydrogen-bond acceptors (Lipinski definition) is 3. The van der Waals surface area contributed by atoms with Crippen molar-refractivity contribution in [2.24, 2.45) is 0 Å². The van der Waals surface area contributed by atoms with E-state index in [4.69, 9.17) is 9.47 Å². The largest absolute Gasteiger partial charge is 0.493 e. The molecule has 4 aromatic rings. The van der Waals surface area contributed by atoms with Gasteiger partial charge in [-0.1, -0.05) is 48.5 Å². The third-order valence-corrected chi connectivity index (χ3v) is 5.49. The molecule has 0 saturated heterocycles. The molecule has 31 heavy (non-hydrogen) atoms. The molecule has 0 aliphatic carbocycles. The van der Waals surface area contributed by atoms with Gasteiger partial charge in [-0.25, -0.2) is 0 Å². The average Bonchev–Trinajstić information content (AvgIpc) is 3.32. The quantitative estimate of drug-likeness (QED) is 0.443. The van der Waals surface area contributed by atoms with Crippen LogP contribution in [0.2, 0.25) is 0 Å². The van der Waals surface area contributed by atoms with Crippen molar-refractivity contribution < 1.29 is 14.3 Å². The summed E-state index contributed by atoms with van der Waals surface area (Å²) < 4.78 is 13.5. The number of amides is 1. The molecule has 1 N–H and O–H groups in total. The molecule has 1 aliphatic heterocycles. The maximum atomic E-state index is 12.5. The Morgan fingerprint density at radius 3 is 2.55 bits per heavy atom. The maximum absolute atomic E-state index is 12.5. The predicted octanol–water partition coefficient (Wildman–Crippen LogP) is 5.22. The summed E-state index contributed by atoms with van der Waals surface area (Å²) in [6.07, 6.45) is 4.05. The second kappa shape index (κ2) is 8.03. The van der Waals surface area contributed by atoms with E-state index in [0.717, 1.165) is 39.2 Å². The highest BCUT2D eigenvalue weighted by atomic mass is 16.5. The van der Waals surface area contributed by atoms with Gasteiger partial charge in [0.1, 0.15) is 6.61 Å². The fraction of sp³-hybridized carbons (Fsp3) is 0.115. The van der Waals surface area contributed by atoms with Crippen LogP contribution in [0.1, 0.15) is 11.1 Å². The summed E-state index contributed by atoms with van der Waals surface area (Å²) in [6.45, 7) is 1.17. The Labute approximate surface area is 180 Å². The number of benzene rings is 3. The van der Waals surface area contributed by atoms with Crippen molar-refractivity contribution in [1.82, 2.24) is 4.57 Å². The standard InChI is InChI=1S/C26H22N2O3/c1-30-24-12-6-7-13-25(24)31-15-14-28-17-18(19-8-3-5-11-23(19)28)16-21-20-9-2-4-10-22(20)27-26(21)29/h2-13,16-17H,14-15H2,1H3,(H,27,29)/b21-16+. The fourth-order valence-electron chi connectivity index (χ4n) is 4.00. The van der Waals surface area contributed by atoms with Crippen LogP contribution in [0.25, 0.3) is 22.6 Å². The van der Waals surface area contributed by atoms with Gasteiger partial charge in [0, 0.05) is 39.5 Å². The molecule has 5 rings (SSSR count). The van der Waals surface area contributed by atoms with Crippen LogP contribution in [0.4, 0.5) is 5.69 Å². The Balaban J connectivity index is 1.45. The molecule has 1 aliphatic rings. The van der Waals surface area contributed by atoms with Crippen LogP contribution >= 0.6 is 0 Å². The first-order valence-electron chi connectivity index (χ1n) is 10.2. The molecule has 0 bridgehead atoms. The topological polar surface area (TPSA) is 52.5 Å². The number of carbonyl (C=O) groups is 1. The lowest BCUT2D eigenvalue weighted by Crippen LogP contribution is -2.07. The van der Waals surface area contributed by atoms with Gasteiger partial charge >= 0.3 is 0 Å². The zero-order valence-corrected chi connectivity index (χ0v) is 17.2. The Morgan fingerprint density at radius 2 is 1.68 bits per heavy atom. The Kier molecular flexibility index (Phi) is 4.92. The van der Waals surface area contributed by atoms with Gasteiger partial charge in [-0.2, -0.15) is 0 Å². The molecule has 1 amide bonds. The minimum atomic E-state index is -0.0717. The second-order valence-electron chi connectivity index (χ2n) is 7.35. The van der Waals surface area contributed by atoms with E-state index in [1.54, 1.807) is 7.11 Å². The van der Waals surface area contributed by atoms with E-state index in [2.05, 4.69) is 28.2 Å². The number of aromatic nitrogens is 1. The lowest BCUT2D eigenvalue weighted by atomic mass is 10.0. The molecule has 0 saturated carbocycles. The van der Waals surface area contributed by atoms with Crippen molar-refractivity contribution in [2.45, 2.75) is 6.54 Å². The van der Waals surface area contributed by atoms with Gasteiger partial charge in [0.05, 0.1) is 13.7 Å². The van der Waals surface area contributed by atoms with Gasteiger partial charge < -0.3 is 19.4 Å². The van der Waals surface area contributed by atoms with Crippen molar-refractivity contribution >= 4 is 34.1 Å². The number of nitrogens with zero attached hydrogens (tertiary/aromatic N) is 1. The van der Waals surface area contributed by atoms with Crippen molar-refractivity contribution in [3.05, 3.63) is 90.1 Å². The van der Waals surface area contributed by atoms with E-state index < -0.39 is 0 Å². The number of hydrogen-bond donors (Lipinski definition) is 1. The number of fused-ring (bicyclic) bond motifs is 2. The molecule has 0 radical (unpaired) electrons. The summed E-state index contributed by atoms with van der Waals surface area (Å²) in [6, 6.07) is 23.6. The minimum Gasteiger partial charge on any atom is -0.493 e. The van der Waals surface area contributed by atoms with Crippen molar-refractivity contribution in [2.75, 3.05) is 19.0 Å². The monoisotopic (exact) mass is 410 g/mol. The van der Waals surface area contributed by atoms with Crippen LogP contribution in [0.5, 0.6) is 11.5 Å². The lowest BCUT2D eigenvalue weighted by Gasteiger charge is -2.11. The molecule has 0 unspecified atom stereocenters. The number of methoxy groups -OCH3 is 1. The van der Waals surface area contributed by atoms with Crippen LogP contribution < -0.4 is 14.8 Å². The van der Waals surface area contributed by atoms with Gasteiger partial charge in [0.2, 0.25) is 0 Å². The molecule has 0 spiro atoms. The SMILES string of the molecule is COc1ccccc1OCCn1cc(/C=C2/C(=O)Nc3ccccc32)c2ccccc21. The Hall–Kier alpha value is -3.99. The molecule has 5 heteroatoms.